The quantitative estimate of drug-likeness (QED) is 0.843. The van der Waals surface area contributed by atoms with Crippen molar-refractivity contribution in [2.45, 2.75) is 26.5 Å². The fourth-order valence-electron chi connectivity index (χ4n) is 1.48. The highest BCUT2D eigenvalue weighted by atomic mass is 19.3. The van der Waals surface area contributed by atoms with Gasteiger partial charge in [-0.2, -0.15) is 8.78 Å². The summed E-state index contributed by atoms with van der Waals surface area (Å²) in [5.74, 6) is -0.466. The van der Waals surface area contributed by atoms with Crippen molar-refractivity contribution in [2.75, 3.05) is 6.54 Å². The molecule has 1 unspecified atom stereocenters. The van der Waals surface area contributed by atoms with Gasteiger partial charge in [-0.25, -0.2) is 4.39 Å². The van der Waals surface area contributed by atoms with Crippen LogP contribution in [0.1, 0.15) is 25.5 Å². The van der Waals surface area contributed by atoms with Crippen LogP contribution in [0.2, 0.25) is 0 Å². The average Bonchev–Trinajstić information content (AvgIpc) is 2.20. The van der Waals surface area contributed by atoms with Gasteiger partial charge in [-0.15, -0.1) is 0 Å². The molecule has 0 saturated carbocycles. The monoisotopic (exact) mass is 233 g/mol. The van der Waals surface area contributed by atoms with Gasteiger partial charge in [-0.05, 0) is 31.7 Å². The molecule has 1 rings (SSSR count). The molecule has 5 heteroatoms. The zero-order valence-electron chi connectivity index (χ0n) is 9.14. The normalized spacial score (nSPS) is 12.9. The largest absolute Gasteiger partial charge is 0.434 e. The summed E-state index contributed by atoms with van der Waals surface area (Å²) in [5.41, 5.74) is 0.391. The Labute approximate surface area is 92.4 Å². The summed E-state index contributed by atoms with van der Waals surface area (Å²) >= 11 is 0. The van der Waals surface area contributed by atoms with Crippen LogP contribution in [0, 0.1) is 5.82 Å². The molecule has 1 atom stereocenters. The van der Waals surface area contributed by atoms with Crippen LogP contribution in [-0.2, 0) is 0 Å². The first-order chi connectivity index (χ1) is 7.54. The lowest BCUT2D eigenvalue weighted by atomic mass is 10.1. The Kier molecular flexibility index (Phi) is 4.61. The summed E-state index contributed by atoms with van der Waals surface area (Å²) in [7, 11) is 0. The Morgan fingerprint density at radius 1 is 1.38 bits per heavy atom. The number of nitrogens with one attached hydrogen (secondary N) is 1. The van der Waals surface area contributed by atoms with E-state index in [1.54, 1.807) is 6.92 Å². The van der Waals surface area contributed by atoms with Crippen LogP contribution in [0.25, 0.3) is 0 Å². The summed E-state index contributed by atoms with van der Waals surface area (Å²) in [6.07, 6.45) is 0. The standard InChI is InChI=1S/C11H14F3NO/c1-3-15-7(2)9-6-8(12)4-5-10(9)16-11(13)14/h4-7,11,15H,3H2,1-2H3. The van der Waals surface area contributed by atoms with E-state index in [-0.39, 0.29) is 11.8 Å². The van der Waals surface area contributed by atoms with Gasteiger partial charge in [0.1, 0.15) is 11.6 Å². The van der Waals surface area contributed by atoms with Gasteiger partial charge >= 0.3 is 6.61 Å². The Bertz CT molecular complexity index is 344. The van der Waals surface area contributed by atoms with Crippen molar-refractivity contribution < 1.29 is 17.9 Å². The topological polar surface area (TPSA) is 21.3 Å². The maximum atomic E-state index is 13.0. The molecule has 1 N–H and O–H groups in total. The van der Waals surface area contributed by atoms with E-state index in [4.69, 9.17) is 0 Å². The lowest BCUT2D eigenvalue weighted by molar-refractivity contribution is -0.0507. The Morgan fingerprint density at radius 2 is 2.06 bits per heavy atom. The molecule has 0 heterocycles. The molecule has 0 aliphatic rings. The van der Waals surface area contributed by atoms with Crippen LogP contribution in [0.5, 0.6) is 5.75 Å². The molecule has 0 aliphatic carbocycles. The first kappa shape index (κ1) is 12.8. The Balaban J connectivity index is 2.97. The third-order valence-electron chi connectivity index (χ3n) is 2.16. The Hall–Kier alpha value is -1.23. The minimum atomic E-state index is -2.90. The smallest absolute Gasteiger partial charge is 0.387 e. The average molecular weight is 233 g/mol. The van der Waals surface area contributed by atoms with E-state index in [0.717, 1.165) is 6.07 Å². The van der Waals surface area contributed by atoms with Gasteiger partial charge in [0.15, 0.2) is 0 Å². The molecule has 0 amide bonds. The minimum Gasteiger partial charge on any atom is -0.434 e. The Morgan fingerprint density at radius 3 is 2.62 bits per heavy atom. The van der Waals surface area contributed by atoms with Crippen molar-refractivity contribution in [3.8, 4) is 5.75 Å². The van der Waals surface area contributed by atoms with Gasteiger partial charge in [-0.3, -0.25) is 0 Å². The SMILES string of the molecule is CCNC(C)c1cc(F)ccc1OC(F)F. The predicted molar refractivity (Wildman–Crippen MR) is 55.1 cm³/mol. The zero-order chi connectivity index (χ0) is 12.1. The van der Waals surface area contributed by atoms with Crippen molar-refractivity contribution >= 4 is 0 Å². The van der Waals surface area contributed by atoms with Gasteiger partial charge in [0.2, 0.25) is 0 Å². The molecule has 0 spiro atoms. The maximum Gasteiger partial charge on any atom is 0.387 e. The van der Waals surface area contributed by atoms with Crippen LogP contribution in [0.15, 0.2) is 18.2 Å². The molecule has 0 aliphatic heterocycles. The molecule has 2 nitrogen and oxygen atoms in total. The number of ether oxygens (including phenoxy) is 1. The summed E-state index contributed by atoms with van der Waals surface area (Å²) in [4.78, 5) is 0. The van der Waals surface area contributed by atoms with E-state index in [9.17, 15) is 13.2 Å². The number of benzene rings is 1. The number of hydrogen-bond donors (Lipinski definition) is 1. The van der Waals surface area contributed by atoms with Crippen LogP contribution >= 0.6 is 0 Å². The number of halogens is 3. The lowest BCUT2D eigenvalue weighted by Gasteiger charge is -2.17. The summed E-state index contributed by atoms with van der Waals surface area (Å²) in [6, 6.07) is 3.27. The van der Waals surface area contributed by atoms with Gasteiger partial charge in [-0.1, -0.05) is 6.92 Å². The number of rotatable bonds is 5. The van der Waals surface area contributed by atoms with Crippen molar-refractivity contribution in [1.82, 2.24) is 5.32 Å². The van der Waals surface area contributed by atoms with Crippen molar-refractivity contribution in [2.24, 2.45) is 0 Å². The van der Waals surface area contributed by atoms with E-state index in [2.05, 4.69) is 10.1 Å². The molecular weight excluding hydrogens is 219 g/mol. The third kappa shape index (κ3) is 3.41. The van der Waals surface area contributed by atoms with Crippen LogP contribution in [-0.4, -0.2) is 13.2 Å². The first-order valence-corrected chi connectivity index (χ1v) is 5.02. The lowest BCUT2D eigenvalue weighted by Crippen LogP contribution is -2.19. The second kappa shape index (κ2) is 5.75. The molecule has 1 aromatic rings. The molecule has 0 bridgehead atoms. The van der Waals surface area contributed by atoms with Crippen molar-refractivity contribution in [3.05, 3.63) is 29.6 Å². The second-order valence-electron chi connectivity index (χ2n) is 3.34. The van der Waals surface area contributed by atoms with Crippen LogP contribution < -0.4 is 10.1 Å². The van der Waals surface area contributed by atoms with Crippen LogP contribution in [0.3, 0.4) is 0 Å². The van der Waals surface area contributed by atoms with Gasteiger partial charge in [0.05, 0.1) is 0 Å². The van der Waals surface area contributed by atoms with E-state index >= 15 is 0 Å². The molecule has 16 heavy (non-hydrogen) atoms. The molecule has 0 fully saturated rings. The first-order valence-electron chi connectivity index (χ1n) is 5.02. The molecule has 90 valence electrons. The van der Waals surface area contributed by atoms with Gasteiger partial charge in [0.25, 0.3) is 0 Å². The highest BCUT2D eigenvalue weighted by Gasteiger charge is 2.15. The fraction of sp³-hybridized carbons (Fsp3) is 0.455. The molecule has 0 saturated heterocycles. The minimum absolute atomic E-state index is 0.00449. The van der Waals surface area contributed by atoms with Crippen molar-refractivity contribution in [1.29, 1.82) is 0 Å². The third-order valence-corrected chi connectivity index (χ3v) is 2.16. The van der Waals surface area contributed by atoms with E-state index in [0.29, 0.717) is 12.1 Å². The summed E-state index contributed by atoms with van der Waals surface area (Å²) in [6.45, 7) is 1.39. The molecule has 0 radical (unpaired) electrons. The van der Waals surface area contributed by atoms with Gasteiger partial charge < -0.3 is 10.1 Å². The van der Waals surface area contributed by atoms with Crippen molar-refractivity contribution in [3.63, 3.8) is 0 Å². The number of alkyl halides is 2. The second-order valence-corrected chi connectivity index (χ2v) is 3.34. The van der Waals surface area contributed by atoms with E-state index < -0.39 is 12.4 Å². The van der Waals surface area contributed by atoms with E-state index in [1.165, 1.54) is 12.1 Å². The molecular formula is C11H14F3NO. The zero-order valence-corrected chi connectivity index (χ0v) is 9.14. The summed E-state index contributed by atoms with van der Waals surface area (Å²) in [5, 5.41) is 3.01. The maximum absolute atomic E-state index is 13.0. The molecule has 1 aromatic carbocycles. The summed E-state index contributed by atoms with van der Waals surface area (Å²) < 4.78 is 41.6. The van der Waals surface area contributed by atoms with E-state index in [1.807, 2.05) is 6.92 Å². The number of hydrogen-bond acceptors (Lipinski definition) is 2. The molecule has 0 aromatic heterocycles. The fourth-order valence-corrected chi connectivity index (χ4v) is 1.48. The van der Waals surface area contributed by atoms with Gasteiger partial charge in [0, 0.05) is 11.6 Å². The predicted octanol–water partition coefficient (Wildman–Crippen LogP) is 3.10. The highest BCUT2D eigenvalue weighted by molar-refractivity contribution is 5.36. The highest BCUT2D eigenvalue weighted by Crippen LogP contribution is 2.27. The van der Waals surface area contributed by atoms with Crippen LogP contribution in [0.4, 0.5) is 13.2 Å².